The summed E-state index contributed by atoms with van der Waals surface area (Å²) in [6.45, 7) is 4.57. The monoisotopic (exact) mass is 583 g/mol. The van der Waals surface area contributed by atoms with E-state index in [1.807, 2.05) is 13.0 Å². The smallest absolute Gasteiger partial charge is 0.486 e. The number of carbonyl (C=O) groups is 3. The molecule has 2 aliphatic heterocycles. The molecule has 0 saturated carbocycles. The predicted molar refractivity (Wildman–Crippen MR) is 146 cm³/mol. The maximum absolute atomic E-state index is 15.3. The minimum absolute atomic E-state index is 0.00605. The SMILES string of the molecule is C=CC(=O)/C(OCOC(=O)OC)=C1/C(=O)N2CN([C@H](c3ccccc3)c3ccc(F)c(F)c3OC/C=C/[C@@H]2CC)N1C. The van der Waals surface area contributed by atoms with Crippen LogP contribution in [0.1, 0.15) is 30.5 Å². The quantitative estimate of drug-likeness (QED) is 0.154. The van der Waals surface area contributed by atoms with E-state index in [9.17, 15) is 18.8 Å². The average molecular weight is 584 g/mol. The van der Waals surface area contributed by atoms with Crippen LogP contribution in [0.25, 0.3) is 0 Å². The number of likely N-dealkylation sites (N-methyl/N-ethyl adjacent to an activating group) is 1. The molecular weight excluding hydrogens is 552 g/mol. The Morgan fingerprint density at radius 1 is 1.14 bits per heavy atom. The zero-order valence-electron chi connectivity index (χ0n) is 23.4. The maximum Gasteiger partial charge on any atom is 0.510 e. The van der Waals surface area contributed by atoms with Gasteiger partial charge in [-0.1, -0.05) is 56.0 Å². The van der Waals surface area contributed by atoms with Crippen LogP contribution in [-0.4, -0.2) is 73.0 Å². The number of hydrogen-bond donors (Lipinski definition) is 0. The van der Waals surface area contributed by atoms with E-state index in [-0.39, 0.29) is 30.3 Å². The van der Waals surface area contributed by atoms with E-state index in [1.54, 1.807) is 41.4 Å². The van der Waals surface area contributed by atoms with Gasteiger partial charge in [0.05, 0.1) is 25.9 Å². The highest BCUT2D eigenvalue weighted by Gasteiger charge is 2.43. The largest absolute Gasteiger partial charge is 0.510 e. The van der Waals surface area contributed by atoms with Gasteiger partial charge in [-0.05, 0) is 30.2 Å². The zero-order chi connectivity index (χ0) is 30.4. The molecule has 2 aromatic rings. The summed E-state index contributed by atoms with van der Waals surface area (Å²) in [5.41, 5.74) is 0.771. The lowest BCUT2D eigenvalue weighted by Gasteiger charge is -2.49. The van der Waals surface area contributed by atoms with Gasteiger partial charge in [0, 0.05) is 12.6 Å². The molecule has 0 N–H and O–H groups in total. The van der Waals surface area contributed by atoms with Crippen LogP contribution in [0.5, 0.6) is 5.75 Å². The molecule has 42 heavy (non-hydrogen) atoms. The molecule has 2 aromatic carbocycles. The number of amides is 1. The van der Waals surface area contributed by atoms with Crippen LogP contribution in [0.4, 0.5) is 13.6 Å². The van der Waals surface area contributed by atoms with Gasteiger partial charge in [-0.3, -0.25) is 14.6 Å². The molecule has 1 amide bonds. The lowest BCUT2D eigenvalue weighted by atomic mass is 9.96. The second kappa shape index (κ2) is 13.3. The van der Waals surface area contributed by atoms with Gasteiger partial charge in [0.1, 0.15) is 6.61 Å². The third-order valence-electron chi connectivity index (χ3n) is 6.93. The molecule has 0 radical (unpaired) electrons. The number of hydrogen-bond acceptors (Lipinski definition) is 9. The van der Waals surface area contributed by atoms with Crippen molar-refractivity contribution < 1.29 is 42.1 Å². The van der Waals surface area contributed by atoms with E-state index in [2.05, 4.69) is 11.3 Å². The number of fused-ring (bicyclic) bond motifs is 3. The first kappa shape index (κ1) is 30.3. The lowest BCUT2D eigenvalue weighted by Crippen LogP contribution is -2.60. The van der Waals surface area contributed by atoms with Crippen LogP contribution in [-0.2, 0) is 23.8 Å². The molecule has 1 unspecified atom stereocenters. The molecule has 10 nitrogen and oxygen atoms in total. The number of ketones is 1. The summed E-state index contributed by atoms with van der Waals surface area (Å²) in [5.74, 6) is -4.24. The molecule has 1 saturated heterocycles. The van der Waals surface area contributed by atoms with E-state index < -0.39 is 54.1 Å². The van der Waals surface area contributed by atoms with Crippen LogP contribution >= 0.6 is 0 Å². The number of halogens is 2. The van der Waals surface area contributed by atoms with E-state index >= 15 is 4.39 Å². The Morgan fingerprint density at radius 3 is 2.55 bits per heavy atom. The van der Waals surface area contributed by atoms with Crippen molar-refractivity contribution in [3.8, 4) is 5.75 Å². The highest BCUT2D eigenvalue weighted by Crippen LogP contribution is 2.41. The fourth-order valence-electron chi connectivity index (χ4n) is 4.88. The molecule has 0 spiro atoms. The first-order valence-electron chi connectivity index (χ1n) is 13.1. The standard InChI is InChI=1S/C30H31F2N3O7/c1-5-20-13-10-16-40-27-21(14-15-22(31)24(27)32)25(19-11-8-7-9-12-19)35-17-34(20)29(37)26(33(35)3)28(23(36)6-2)41-18-42-30(38)39-4/h6-15,20,25H,2,5,16-18H2,1,3-4H3/b13-10+,28-26+/t20-,25+/m0/s1. The average Bonchev–Trinajstić information content (AvgIpc) is 3.03. The Hall–Kier alpha value is -4.71. The summed E-state index contributed by atoms with van der Waals surface area (Å²) in [4.78, 5) is 40.2. The Kier molecular flexibility index (Phi) is 9.58. The van der Waals surface area contributed by atoms with Crippen LogP contribution in [0.15, 0.2) is 78.7 Å². The fourth-order valence-corrected chi connectivity index (χ4v) is 4.88. The first-order chi connectivity index (χ1) is 20.2. The zero-order valence-corrected chi connectivity index (χ0v) is 23.4. The Balaban J connectivity index is 1.98. The van der Waals surface area contributed by atoms with Crippen molar-refractivity contribution in [3.05, 3.63) is 101 Å². The highest BCUT2D eigenvalue weighted by molar-refractivity contribution is 6.08. The molecule has 4 rings (SSSR count). The summed E-state index contributed by atoms with van der Waals surface area (Å²) in [6, 6.07) is 10.2. The number of ether oxygens (including phenoxy) is 4. The van der Waals surface area contributed by atoms with Gasteiger partial charge in [0.15, 0.2) is 17.3 Å². The van der Waals surface area contributed by atoms with Crippen molar-refractivity contribution in [1.82, 2.24) is 14.9 Å². The van der Waals surface area contributed by atoms with Crippen molar-refractivity contribution in [1.29, 1.82) is 0 Å². The van der Waals surface area contributed by atoms with Crippen molar-refractivity contribution >= 4 is 17.8 Å². The summed E-state index contributed by atoms with van der Waals surface area (Å²) >= 11 is 0. The van der Waals surface area contributed by atoms with Gasteiger partial charge >= 0.3 is 6.16 Å². The van der Waals surface area contributed by atoms with E-state index in [0.717, 1.165) is 19.3 Å². The predicted octanol–water partition coefficient (Wildman–Crippen LogP) is 4.45. The second-order valence-corrected chi connectivity index (χ2v) is 9.29. The number of carbonyl (C=O) groups excluding carboxylic acids is 3. The first-order valence-corrected chi connectivity index (χ1v) is 13.1. The van der Waals surface area contributed by atoms with Crippen molar-refractivity contribution in [2.24, 2.45) is 0 Å². The van der Waals surface area contributed by atoms with Crippen LogP contribution < -0.4 is 4.74 Å². The molecule has 2 aliphatic rings. The Labute approximate surface area is 241 Å². The lowest BCUT2D eigenvalue weighted by molar-refractivity contribution is -0.156. The van der Waals surface area contributed by atoms with Crippen molar-refractivity contribution in [2.45, 2.75) is 25.4 Å². The minimum Gasteiger partial charge on any atom is -0.486 e. The summed E-state index contributed by atoms with van der Waals surface area (Å²) < 4.78 is 50.3. The molecular formula is C30H31F2N3O7. The van der Waals surface area contributed by atoms with Crippen LogP contribution in [0.3, 0.4) is 0 Å². The van der Waals surface area contributed by atoms with Gasteiger partial charge in [-0.15, -0.1) is 0 Å². The minimum atomic E-state index is -1.15. The molecule has 0 aromatic heterocycles. The highest BCUT2D eigenvalue weighted by atomic mass is 19.2. The normalized spacial score (nSPS) is 22.1. The van der Waals surface area contributed by atoms with E-state index in [1.165, 1.54) is 23.0 Å². The van der Waals surface area contributed by atoms with Gasteiger partial charge < -0.3 is 23.8 Å². The summed E-state index contributed by atoms with van der Waals surface area (Å²) in [6.07, 6.45) is 3.75. The third-order valence-corrected chi connectivity index (χ3v) is 6.93. The molecule has 0 aliphatic carbocycles. The molecule has 3 atom stereocenters. The topological polar surface area (TPSA) is 97.8 Å². The number of benzene rings is 2. The van der Waals surface area contributed by atoms with Crippen LogP contribution in [0, 0.1) is 11.6 Å². The maximum atomic E-state index is 15.3. The number of allylic oxidation sites excluding steroid dienone is 1. The number of rotatable bonds is 7. The van der Waals surface area contributed by atoms with E-state index in [0.29, 0.717) is 12.0 Å². The fraction of sp³-hybridized carbons (Fsp3) is 0.300. The number of methoxy groups -OCH3 is 1. The molecule has 1 fully saturated rings. The van der Waals surface area contributed by atoms with Crippen molar-refractivity contribution in [3.63, 3.8) is 0 Å². The van der Waals surface area contributed by atoms with Crippen LogP contribution in [0.2, 0.25) is 0 Å². The molecule has 12 heteroatoms. The van der Waals surface area contributed by atoms with Gasteiger partial charge in [-0.25, -0.2) is 9.18 Å². The van der Waals surface area contributed by atoms with Gasteiger partial charge in [-0.2, -0.15) is 9.40 Å². The molecule has 222 valence electrons. The number of nitrogens with zero attached hydrogens (tertiary/aromatic N) is 3. The Morgan fingerprint density at radius 2 is 1.88 bits per heavy atom. The summed E-state index contributed by atoms with van der Waals surface area (Å²) in [7, 11) is 2.65. The van der Waals surface area contributed by atoms with Crippen molar-refractivity contribution in [2.75, 3.05) is 34.2 Å². The summed E-state index contributed by atoms with van der Waals surface area (Å²) in [5, 5.41) is 3.14. The molecule has 2 heterocycles. The number of hydrazine groups is 1. The van der Waals surface area contributed by atoms with Gasteiger partial charge in [0.2, 0.25) is 24.2 Å². The van der Waals surface area contributed by atoms with Gasteiger partial charge in [0.25, 0.3) is 5.91 Å². The van der Waals surface area contributed by atoms with E-state index in [4.69, 9.17) is 14.2 Å². The molecule has 2 bridgehead atoms. The second-order valence-electron chi connectivity index (χ2n) is 9.29. The Bertz CT molecular complexity index is 1410. The third kappa shape index (κ3) is 5.98.